The zero-order valence-corrected chi connectivity index (χ0v) is 13.0. The average molecular weight is 325 g/mol. The van der Waals surface area contributed by atoms with Crippen molar-refractivity contribution < 1.29 is 17.6 Å². The second-order valence-corrected chi connectivity index (χ2v) is 6.62. The first kappa shape index (κ1) is 18.0. The predicted octanol–water partition coefficient (Wildman–Crippen LogP) is 3.77. The molecule has 3 nitrogen and oxygen atoms in total. The largest absolute Gasteiger partial charge is 0.441 e. The van der Waals surface area contributed by atoms with Crippen molar-refractivity contribution in [3.63, 3.8) is 0 Å². The highest BCUT2D eigenvalue weighted by Gasteiger charge is 2.27. The molecule has 8 heteroatoms. The molecular formula is C13H19F4N3S. The highest BCUT2D eigenvalue weighted by atomic mass is 32.2. The molecule has 0 aliphatic rings. The van der Waals surface area contributed by atoms with Gasteiger partial charge >= 0.3 is 5.51 Å². The molecule has 0 saturated heterocycles. The highest BCUT2D eigenvalue weighted by molar-refractivity contribution is 8.00. The lowest BCUT2D eigenvalue weighted by Gasteiger charge is -2.21. The third kappa shape index (κ3) is 7.52. The summed E-state index contributed by atoms with van der Waals surface area (Å²) in [6.45, 7) is 6.19. The molecule has 0 unspecified atom stereocenters. The Morgan fingerprint density at radius 1 is 1.24 bits per heavy atom. The molecule has 0 radical (unpaired) electrons. The normalized spacial score (nSPS) is 12.5. The van der Waals surface area contributed by atoms with Crippen LogP contribution in [-0.4, -0.2) is 28.3 Å². The first-order valence-corrected chi connectivity index (χ1v) is 7.40. The van der Waals surface area contributed by atoms with Crippen LogP contribution >= 0.6 is 11.8 Å². The molecule has 0 fully saturated rings. The maximum atomic E-state index is 14.1. The molecule has 1 heterocycles. The summed E-state index contributed by atoms with van der Waals surface area (Å²) in [6, 6.07) is 1.55. The number of nitrogens with zero attached hydrogens (tertiary/aromatic N) is 1. The predicted molar refractivity (Wildman–Crippen MR) is 77.8 cm³/mol. The molecule has 0 aliphatic heterocycles. The summed E-state index contributed by atoms with van der Waals surface area (Å²) in [7, 11) is 0. The number of thioether (sulfide) groups is 1. The zero-order chi connectivity index (χ0) is 16.1. The van der Waals surface area contributed by atoms with Gasteiger partial charge in [0.05, 0.1) is 0 Å². The van der Waals surface area contributed by atoms with Crippen LogP contribution < -0.4 is 10.6 Å². The number of nitrogens with one attached hydrogen (secondary N) is 2. The third-order valence-corrected chi connectivity index (χ3v) is 3.17. The molecule has 0 atom stereocenters. The van der Waals surface area contributed by atoms with E-state index in [9.17, 15) is 17.6 Å². The van der Waals surface area contributed by atoms with E-state index in [1.165, 1.54) is 6.20 Å². The van der Waals surface area contributed by atoms with Crippen molar-refractivity contribution in [1.29, 1.82) is 0 Å². The molecule has 2 N–H and O–H groups in total. The summed E-state index contributed by atoms with van der Waals surface area (Å²) < 4.78 is 50.0. The van der Waals surface area contributed by atoms with E-state index in [0.29, 0.717) is 12.1 Å². The first-order valence-electron chi connectivity index (χ1n) is 6.41. The Hall–Kier alpha value is -1.02. The Morgan fingerprint density at radius 3 is 2.48 bits per heavy atom. The van der Waals surface area contributed by atoms with Crippen LogP contribution in [0.25, 0.3) is 0 Å². The van der Waals surface area contributed by atoms with Crippen molar-refractivity contribution in [2.45, 2.75) is 38.4 Å². The van der Waals surface area contributed by atoms with Gasteiger partial charge in [0.25, 0.3) is 0 Å². The Bertz CT molecular complexity index is 458. The first-order chi connectivity index (χ1) is 9.58. The second-order valence-electron chi connectivity index (χ2n) is 5.46. The minimum absolute atomic E-state index is 0.00967. The van der Waals surface area contributed by atoms with Gasteiger partial charge in [-0.2, -0.15) is 13.2 Å². The van der Waals surface area contributed by atoms with Gasteiger partial charge in [-0.05, 0) is 38.6 Å². The molecule has 21 heavy (non-hydrogen) atoms. The zero-order valence-electron chi connectivity index (χ0n) is 12.1. The topological polar surface area (TPSA) is 37.0 Å². The average Bonchev–Trinajstić information content (AvgIpc) is 2.32. The SMILES string of the molecule is CC(C)(C)NCc1ccnc(NCCSC(F)(F)F)c1F. The van der Waals surface area contributed by atoms with E-state index in [-0.39, 0.29) is 35.4 Å². The van der Waals surface area contributed by atoms with Crippen LogP contribution in [0.2, 0.25) is 0 Å². The fourth-order valence-electron chi connectivity index (χ4n) is 1.44. The molecule has 0 amide bonds. The van der Waals surface area contributed by atoms with Gasteiger partial charge in [-0.25, -0.2) is 9.37 Å². The minimum atomic E-state index is -4.27. The van der Waals surface area contributed by atoms with Crippen molar-refractivity contribution in [1.82, 2.24) is 10.3 Å². The summed E-state index contributed by atoms with van der Waals surface area (Å²) >= 11 is -0.149. The van der Waals surface area contributed by atoms with Gasteiger partial charge in [-0.15, -0.1) is 0 Å². The van der Waals surface area contributed by atoms with Crippen molar-refractivity contribution in [2.24, 2.45) is 0 Å². The van der Waals surface area contributed by atoms with Crippen LogP contribution in [0.1, 0.15) is 26.3 Å². The number of alkyl halides is 3. The molecule has 0 spiro atoms. The molecule has 0 bridgehead atoms. The Kier molecular flexibility index (Phi) is 6.27. The van der Waals surface area contributed by atoms with Crippen LogP contribution in [0.15, 0.2) is 12.3 Å². The van der Waals surface area contributed by atoms with Gasteiger partial charge < -0.3 is 10.6 Å². The molecule has 1 aromatic rings. The van der Waals surface area contributed by atoms with Gasteiger partial charge in [0.1, 0.15) is 0 Å². The Labute approximate surface area is 125 Å². The van der Waals surface area contributed by atoms with Crippen LogP contribution in [0.3, 0.4) is 0 Å². The van der Waals surface area contributed by atoms with E-state index in [1.54, 1.807) is 6.07 Å². The quantitative estimate of drug-likeness (QED) is 0.617. The van der Waals surface area contributed by atoms with Gasteiger partial charge in [0, 0.05) is 36.1 Å². The van der Waals surface area contributed by atoms with E-state index in [1.807, 2.05) is 20.8 Å². The monoisotopic (exact) mass is 325 g/mol. The summed E-state index contributed by atoms with van der Waals surface area (Å²) in [4.78, 5) is 3.81. The van der Waals surface area contributed by atoms with E-state index >= 15 is 0 Å². The standard InChI is InChI=1S/C13H19F4N3S/c1-12(2,3)20-8-9-4-5-18-11(10(9)14)19-6-7-21-13(15,16)17/h4-5,20H,6-8H2,1-3H3,(H,18,19). The molecule has 1 aromatic heterocycles. The van der Waals surface area contributed by atoms with Crippen LogP contribution in [0, 0.1) is 5.82 Å². The molecule has 0 aromatic carbocycles. The van der Waals surface area contributed by atoms with Crippen molar-refractivity contribution in [3.8, 4) is 0 Å². The molecule has 1 rings (SSSR count). The van der Waals surface area contributed by atoms with Crippen molar-refractivity contribution >= 4 is 17.6 Å². The van der Waals surface area contributed by atoms with Crippen LogP contribution in [-0.2, 0) is 6.54 Å². The number of anilines is 1. The van der Waals surface area contributed by atoms with E-state index in [4.69, 9.17) is 0 Å². The Morgan fingerprint density at radius 2 is 1.90 bits per heavy atom. The summed E-state index contributed by atoms with van der Waals surface area (Å²) in [5.41, 5.74) is -4.01. The summed E-state index contributed by atoms with van der Waals surface area (Å²) in [5.74, 6) is -0.757. The number of rotatable bonds is 6. The van der Waals surface area contributed by atoms with Gasteiger partial charge in [-0.3, -0.25) is 0 Å². The highest BCUT2D eigenvalue weighted by Crippen LogP contribution is 2.29. The lowest BCUT2D eigenvalue weighted by Crippen LogP contribution is -2.35. The lowest BCUT2D eigenvalue weighted by atomic mass is 10.1. The number of halogens is 4. The van der Waals surface area contributed by atoms with Crippen molar-refractivity contribution in [3.05, 3.63) is 23.6 Å². The van der Waals surface area contributed by atoms with Crippen LogP contribution in [0.4, 0.5) is 23.4 Å². The van der Waals surface area contributed by atoms with Crippen molar-refractivity contribution in [2.75, 3.05) is 17.6 Å². The summed E-state index contributed by atoms with van der Waals surface area (Å²) in [5, 5.41) is 5.73. The van der Waals surface area contributed by atoms with E-state index < -0.39 is 11.3 Å². The van der Waals surface area contributed by atoms with E-state index in [0.717, 1.165) is 0 Å². The number of hydrogen-bond acceptors (Lipinski definition) is 4. The number of hydrogen-bond donors (Lipinski definition) is 2. The lowest BCUT2D eigenvalue weighted by molar-refractivity contribution is -0.0327. The maximum absolute atomic E-state index is 14.1. The summed E-state index contributed by atoms with van der Waals surface area (Å²) in [6.07, 6.45) is 1.43. The third-order valence-electron chi connectivity index (χ3n) is 2.44. The Balaban J connectivity index is 2.56. The number of pyridine rings is 1. The molecule has 0 saturated carbocycles. The maximum Gasteiger partial charge on any atom is 0.441 e. The molecule has 120 valence electrons. The number of aromatic nitrogens is 1. The van der Waals surface area contributed by atoms with Gasteiger partial charge in [0.15, 0.2) is 11.6 Å². The van der Waals surface area contributed by atoms with Crippen LogP contribution in [0.5, 0.6) is 0 Å². The fourth-order valence-corrected chi connectivity index (χ4v) is 1.88. The smallest absolute Gasteiger partial charge is 0.367 e. The second kappa shape index (κ2) is 7.31. The molecular weight excluding hydrogens is 306 g/mol. The molecule has 0 aliphatic carbocycles. The fraction of sp³-hybridized carbons (Fsp3) is 0.615. The minimum Gasteiger partial charge on any atom is -0.367 e. The van der Waals surface area contributed by atoms with E-state index in [2.05, 4.69) is 15.6 Å². The van der Waals surface area contributed by atoms with Gasteiger partial charge in [0.2, 0.25) is 0 Å². The van der Waals surface area contributed by atoms with Gasteiger partial charge in [-0.1, -0.05) is 0 Å².